The van der Waals surface area contributed by atoms with Crippen LogP contribution in [0.25, 0.3) is 22.6 Å². The van der Waals surface area contributed by atoms with Gasteiger partial charge in [0.15, 0.2) is 16.7 Å². The summed E-state index contributed by atoms with van der Waals surface area (Å²) >= 11 is 6.14. The minimum Gasteiger partial charge on any atom is -0.461 e. The van der Waals surface area contributed by atoms with Crippen molar-refractivity contribution in [2.75, 3.05) is 0 Å². The summed E-state index contributed by atoms with van der Waals surface area (Å²) < 4.78 is 6.94. The lowest BCUT2D eigenvalue weighted by atomic mass is 10.3. The van der Waals surface area contributed by atoms with Crippen molar-refractivity contribution in [3.63, 3.8) is 0 Å². The standard InChI is InChI=1S/C11H9ClN4O/c1-6-8-9(16(2)15-6)10(12)14-11(13-8)7-4-3-5-17-7/h3-5H,1-2H3. The normalized spacial score (nSPS) is 11.2. The van der Waals surface area contributed by atoms with Crippen LogP contribution >= 0.6 is 11.6 Å². The second-order valence-corrected chi connectivity index (χ2v) is 4.08. The molecule has 3 aromatic rings. The van der Waals surface area contributed by atoms with Crippen molar-refractivity contribution in [1.82, 2.24) is 19.7 Å². The summed E-state index contributed by atoms with van der Waals surface area (Å²) in [4.78, 5) is 8.64. The molecule has 0 spiro atoms. The van der Waals surface area contributed by atoms with Gasteiger partial charge in [-0.2, -0.15) is 5.10 Å². The predicted molar refractivity (Wildman–Crippen MR) is 63.8 cm³/mol. The maximum Gasteiger partial charge on any atom is 0.197 e. The van der Waals surface area contributed by atoms with Gasteiger partial charge in [0, 0.05) is 7.05 Å². The Labute approximate surface area is 102 Å². The third kappa shape index (κ3) is 1.51. The lowest BCUT2D eigenvalue weighted by Gasteiger charge is -1.99. The largest absolute Gasteiger partial charge is 0.461 e. The van der Waals surface area contributed by atoms with Gasteiger partial charge in [0.05, 0.1) is 12.0 Å². The Morgan fingerprint density at radius 2 is 2.18 bits per heavy atom. The first-order chi connectivity index (χ1) is 8.16. The van der Waals surface area contributed by atoms with E-state index in [0.717, 1.165) is 16.7 Å². The average Bonchev–Trinajstić information content (AvgIpc) is 2.88. The van der Waals surface area contributed by atoms with Crippen LogP contribution in [0.1, 0.15) is 5.69 Å². The molecule has 0 radical (unpaired) electrons. The first-order valence-electron chi connectivity index (χ1n) is 5.07. The number of nitrogens with zero attached hydrogens (tertiary/aromatic N) is 4. The highest BCUT2D eigenvalue weighted by Gasteiger charge is 2.15. The number of rotatable bonds is 1. The summed E-state index contributed by atoms with van der Waals surface area (Å²) in [5.74, 6) is 1.07. The van der Waals surface area contributed by atoms with Crippen molar-refractivity contribution in [1.29, 1.82) is 0 Å². The highest BCUT2D eigenvalue weighted by Crippen LogP contribution is 2.26. The van der Waals surface area contributed by atoms with Crippen molar-refractivity contribution in [2.45, 2.75) is 6.92 Å². The predicted octanol–water partition coefficient (Wildman–Crippen LogP) is 2.59. The molecule has 3 aromatic heterocycles. The molecule has 17 heavy (non-hydrogen) atoms. The third-order valence-corrected chi connectivity index (χ3v) is 2.81. The first kappa shape index (κ1) is 10.3. The molecule has 0 atom stereocenters. The molecule has 86 valence electrons. The Balaban J connectivity index is 2.34. The molecular weight excluding hydrogens is 240 g/mol. The van der Waals surface area contributed by atoms with Gasteiger partial charge in [0.25, 0.3) is 0 Å². The molecule has 0 saturated heterocycles. The smallest absolute Gasteiger partial charge is 0.197 e. The van der Waals surface area contributed by atoms with Crippen molar-refractivity contribution in [3.05, 3.63) is 29.2 Å². The zero-order chi connectivity index (χ0) is 12.0. The van der Waals surface area contributed by atoms with E-state index in [1.54, 1.807) is 23.1 Å². The van der Waals surface area contributed by atoms with E-state index in [-0.39, 0.29) is 0 Å². The second kappa shape index (κ2) is 3.56. The molecule has 0 aliphatic rings. The summed E-state index contributed by atoms with van der Waals surface area (Å²) in [7, 11) is 1.82. The fourth-order valence-corrected chi connectivity index (χ4v) is 2.10. The molecule has 0 bridgehead atoms. The van der Waals surface area contributed by atoms with E-state index in [0.29, 0.717) is 16.7 Å². The Bertz CT molecular complexity index is 687. The number of furan rings is 1. The molecule has 0 N–H and O–H groups in total. The van der Waals surface area contributed by atoms with E-state index in [2.05, 4.69) is 15.1 Å². The van der Waals surface area contributed by atoms with E-state index in [9.17, 15) is 0 Å². The molecule has 6 heteroatoms. The monoisotopic (exact) mass is 248 g/mol. The Hall–Kier alpha value is -1.88. The third-order valence-electron chi connectivity index (χ3n) is 2.55. The molecule has 0 amide bonds. The summed E-state index contributed by atoms with van der Waals surface area (Å²) in [5.41, 5.74) is 2.30. The van der Waals surface area contributed by atoms with Crippen molar-refractivity contribution in [2.24, 2.45) is 7.05 Å². The van der Waals surface area contributed by atoms with Crippen molar-refractivity contribution < 1.29 is 4.42 Å². The highest BCUT2D eigenvalue weighted by atomic mass is 35.5. The van der Waals surface area contributed by atoms with Gasteiger partial charge in [-0.3, -0.25) is 4.68 Å². The van der Waals surface area contributed by atoms with E-state index in [4.69, 9.17) is 16.0 Å². The van der Waals surface area contributed by atoms with Crippen LogP contribution in [-0.4, -0.2) is 19.7 Å². The number of aromatic nitrogens is 4. The zero-order valence-electron chi connectivity index (χ0n) is 9.31. The van der Waals surface area contributed by atoms with Crippen LogP contribution in [0.3, 0.4) is 0 Å². The summed E-state index contributed by atoms with van der Waals surface area (Å²) in [5, 5.41) is 4.65. The molecule has 0 fully saturated rings. The van der Waals surface area contributed by atoms with Crippen LogP contribution in [0.5, 0.6) is 0 Å². The van der Waals surface area contributed by atoms with Gasteiger partial charge in [-0.15, -0.1) is 0 Å². The first-order valence-corrected chi connectivity index (χ1v) is 5.45. The molecule has 3 rings (SSSR count). The summed E-state index contributed by atoms with van der Waals surface area (Å²) in [6, 6.07) is 3.58. The molecule has 5 nitrogen and oxygen atoms in total. The Morgan fingerprint density at radius 1 is 1.35 bits per heavy atom. The lowest BCUT2D eigenvalue weighted by molar-refractivity contribution is 0.577. The SMILES string of the molecule is Cc1nn(C)c2c(Cl)nc(-c3ccco3)nc12. The molecular formula is C11H9ClN4O. The van der Waals surface area contributed by atoms with Gasteiger partial charge in [0.2, 0.25) is 0 Å². The highest BCUT2D eigenvalue weighted by molar-refractivity contribution is 6.33. The minimum absolute atomic E-state index is 0.379. The number of aryl methyl sites for hydroxylation is 2. The molecule has 0 aromatic carbocycles. The van der Waals surface area contributed by atoms with Crippen LogP contribution in [0.15, 0.2) is 22.8 Å². The zero-order valence-corrected chi connectivity index (χ0v) is 10.1. The van der Waals surface area contributed by atoms with Crippen molar-refractivity contribution in [3.8, 4) is 11.6 Å². The number of halogens is 1. The maximum absolute atomic E-state index is 6.14. The molecule has 0 aliphatic heterocycles. The van der Waals surface area contributed by atoms with Gasteiger partial charge in [-0.05, 0) is 19.1 Å². The maximum atomic E-state index is 6.14. The number of hydrogen-bond donors (Lipinski definition) is 0. The van der Waals surface area contributed by atoms with E-state index in [1.165, 1.54) is 0 Å². The summed E-state index contributed by atoms with van der Waals surface area (Å²) in [6.07, 6.45) is 1.58. The minimum atomic E-state index is 0.379. The fourth-order valence-electron chi connectivity index (χ4n) is 1.80. The number of hydrogen-bond acceptors (Lipinski definition) is 4. The quantitative estimate of drug-likeness (QED) is 0.621. The van der Waals surface area contributed by atoms with Crippen LogP contribution in [-0.2, 0) is 7.05 Å². The van der Waals surface area contributed by atoms with Crippen LogP contribution in [0, 0.1) is 6.92 Å². The van der Waals surface area contributed by atoms with Crippen LogP contribution in [0.4, 0.5) is 0 Å². The Morgan fingerprint density at radius 3 is 2.88 bits per heavy atom. The van der Waals surface area contributed by atoms with Gasteiger partial charge < -0.3 is 4.42 Å². The van der Waals surface area contributed by atoms with E-state index < -0.39 is 0 Å². The Kier molecular flexibility index (Phi) is 2.16. The van der Waals surface area contributed by atoms with Crippen molar-refractivity contribution >= 4 is 22.6 Å². The van der Waals surface area contributed by atoms with Gasteiger partial charge in [0.1, 0.15) is 11.0 Å². The fraction of sp³-hybridized carbons (Fsp3) is 0.182. The topological polar surface area (TPSA) is 56.7 Å². The van der Waals surface area contributed by atoms with Gasteiger partial charge >= 0.3 is 0 Å². The lowest BCUT2D eigenvalue weighted by Crippen LogP contribution is -1.94. The second-order valence-electron chi connectivity index (χ2n) is 3.72. The van der Waals surface area contributed by atoms with Crippen LogP contribution in [0.2, 0.25) is 5.15 Å². The van der Waals surface area contributed by atoms with E-state index >= 15 is 0 Å². The summed E-state index contributed by atoms with van der Waals surface area (Å²) in [6.45, 7) is 1.89. The van der Waals surface area contributed by atoms with Gasteiger partial charge in [-0.25, -0.2) is 9.97 Å². The van der Waals surface area contributed by atoms with Crippen LogP contribution < -0.4 is 0 Å². The van der Waals surface area contributed by atoms with Gasteiger partial charge in [-0.1, -0.05) is 11.6 Å². The molecule has 0 unspecified atom stereocenters. The average molecular weight is 249 g/mol. The number of fused-ring (bicyclic) bond motifs is 1. The molecule has 3 heterocycles. The van der Waals surface area contributed by atoms with E-state index in [1.807, 2.05) is 14.0 Å². The molecule has 0 saturated carbocycles. The molecule has 0 aliphatic carbocycles.